The van der Waals surface area contributed by atoms with E-state index < -0.39 is 23.6 Å². The highest BCUT2D eigenvalue weighted by Crippen LogP contribution is 2.32. The van der Waals surface area contributed by atoms with Crippen LogP contribution in [0.1, 0.15) is 37.3 Å². The van der Waals surface area contributed by atoms with Gasteiger partial charge >= 0.3 is 12.1 Å². The van der Waals surface area contributed by atoms with E-state index in [1.165, 1.54) is 6.07 Å². The number of benzene rings is 1. The highest BCUT2D eigenvalue weighted by Gasteiger charge is 2.31. The molecule has 1 N–H and O–H groups in total. The van der Waals surface area contributed by atoms with Crippen LogP contribution in [-0.2, 0) is 11.0 Å². The maximum atomic E-state index is 12.4. The molecule has 18 heavy (non-hydrogen) atoms. The lowest BCUT2D eigenvalue weighted by molar-refractivity contribution is -0.142. The molecule has 0 spiro atoms. The molecule has 0 heterocycles. The minimum absolute atomic E-state index is 0.366. The summed E-state index contributed by atoms with van der Waals surface area (Å²) >= 11 is 0. The zero-order chi connectivity index (χ0) is 13.9. The monoisotopic (exact) mass is 259 g/mol. The lowest BCUT2D eigenvalue weighted by Gasteiger charge is -2.19. The van der Waals surface area contributed by atoms with E-state index in [-0.39, 0.29) is 5.92 Å². The molecule has 0 aliphatic heterocycles. The summed E-state index contributed by atoms with van der Waals surface area (Å²) in [5, 5.41) is 8.99. The molecule has 5 heteroatoms. The summed E-state index contributed by atoms with van der Waals surface area (Å²) in [6.45, 7) is 3.42. The van der Waals surface area contributed by atoms with Crippen LogP contribution in [-0.4, -0.2) is 11.1 Å². The maximum Gasteiger partial charge on any atom is 0.416 e. The summed E-state index contributed by atoms with van der Waals surface area (Å²) in [6, 6.07) is 5.64. The van der Waals surface area contributed by atoms with Crippen molar-refractivity contribution in [3.05, 3.63) is 35.4 Å². The Morgan fingerprint density at radius 3 is 2.39 bits per heavy atom. The van der Waals surface area contributed by atoms with E-state index in [2.05, 4.69) is 6.07 Å². The number of aliphatic carboxylic acids is 1. The van der Waals surface area contributed by atoms with Crippen molar-refractivity contribution < 1.29 is 23.1 Å². The molecule has 0 amide bonds. The van der Waals surface area contributed by atoms with Crippen LogP contribution >= 0.6 is 0 Å². The summed E-state index contributed by atoms with van der Waals surface area (Å²) < 4.78 is 37.1. The van der Waals surface area contributed by atoms with Crippen LogP contribution in [0.15, 0.2) is 18.2 Å². The topological polar surface area (TPSA) is 37.3 Å². The normalized spacial score (nSPS) is 15.2. The maximum absolute atomic E-state index is 12.4. The molecule has 1 aromatic rings. The van der Waals surface area contributed by atoms with Gasteiger partial charge in [0, 0.05) is 0 Å². The van der Waals surface area contributed by atoms with E-state index in [1.54, 1.807) is 13.8 Å². The van der Waals surface area contributed by atoms with Crippen LogP contribution in [0.3, 0.4) is 0 Å². The van der Waals surface area contributed by atoms with Crippen molar-refractivity contribution in [2.75, 3.05) is 0 Å². The fourth-order valence-electron chi connectivity index (χ4n) is 1.86. The number of halogens is 3. The number of carbonyl (C=O) groups is 1. The minimum Gasteiger partial charge on any atom is -0.481 e. The fraction of sp³-hybridized carbons (Fsp3) is 0.462. The van der Waals surface area contributed by atoms with E-state index >= 15 is 0 Å². The summed E-state index contributed by atoms with van der Waals surface area (Å²) in [7, 11) is 0. The Morgan fingerprint density at radius 2 is 2.06 bits per heavy atom. The zero-order valence-electron chi connectivity index (χ0n) is 10.1. The van der Waals surface area contributed by atoms with E-state index in [0.29, 0.717) is 12.0 Å². The van der Waals surface area contributed by atoms with Gasteiger partial charge in [-0.1, -0.05) is 19.9 Å². The third-order valence-electron chi connectivity index (χ3n) is 3.02. The second-order valence-corrected chi connectivity index (χ2v) is 4.17. The Bertz CT molecular complexity index is 409. The molecule has 99 valence electrons. The number of alkyl halides is 3. The highest BCUT2D eigenvalue weighted by atomic mass is 19.4. The third-order valence-corrected chi connectivity index (χ3v) is 3.02. The van der Waals surface area contributed by atoms with Crippen molar-refractivity contribution in [3.63, 3.8) is 0 Å². The van der Waals surface area contributed by atoms with E-state index in [4.69, 9.17) is 5.11 Å². The Balaban J connectivity index is 2.94. The molecule has 2 nitrogen and oxygen atoms in total. The summed E-state index contributed by atoms with van der Waals surface area (Å²) in [5.74, 6) is -1.92. The number of hydrogen-bond donors (Lipinski definition) is 1. The average Bonchev–Trinajstić information content (AvgIpc) is 2.28. The highest BCUT2D eigenvalue weighted by molar-refractivity contribution is 5.71. The standard InChI is InChI=1S/C13H14F3O2/c1-3-11(12(17)18)8(2)9-4-6-10(7-5-9)13(14,15)16/h4,6-8,11H,3H2,1-2H3,(H,17,18). The van der Waals surface area contributed by atoms with Gasteiger partial charge in [0.25, 0.3) is 0 Å². The van der Waals surface area contributed by atoms with Crippen LogP contribution in [0.5, 0.6) is 0 Å². The van der Waals surface area contributed by atoms with Gasteiger partial charge in [0.15, 0.2) is 0 Å². The predicted octanol–water partition coefficient (Wildman–Crippen LogP) is 3.72. The molecular weight excluding hydrogens is 245 g/mol. The van der Waals surface area contributed by atoms with Crippen molar-refractivity contribution in [1.82, 2.24) is 0 Å². The van der Waals surface area contributed by atoms with E-state index in [0.717, 1.165) is 12.1 Å². The summed E-state index contributed by atoms with van der Waals surface area (Å²) in [6.07, 6.45) is -3.97. The van der Waals surface area contributed by atoms with Gasteiger partial charge in [-0.15, -0.1) is 0 Å². The molecule has 0 saturated carbocycles. The molecule has 1 rings (SSSR count). The number of hydrogen-bond acceptors (Lipinski definition) is 1. The molecule has 1 aromatic carbocycles. The molecular formula is C13H14F3O2. The van der Waals surface area contributed by atoms with Crippen LogP contribution in [0, 0.1) is 12.0 Å². The van der Waals surface area contributed by atoms with Gasteiger partial charge in [-0.3, -0.25) is 4.79 Å². The Hall–Kier alpha value is -1.52. The van der Waals surface area contributed by atoms with E-state index in [1.807, 2.05) is 0 Å². The first kappa shape index (κ1) is 14.5. The van der Waals surface area contributed by atoms with Gasteiger partial charge in [0.1, 0.15) is 0 Å². The van der Waals surface area contributed by atoms with Crippen molar-refractivity contribution in [2.24, 2.45) is 5.92 Å². The van der Waals surface area contributed by atoms with Gasteiger partial charge in [0.2, 0.25) is 0 Å². The molecule has 0 aliphatic carbocycles. The van der Waals surface area contributed by atoms with Gasteiger partial charge in [0.05, 0.1) is 11.5 Å². The SMILES string of the molecule is CCC(C(=O)O)C(C)c1[c]cc(C(F)(F)F)cc1. The van der Waals surface area contributed by atoms with Crippen LogP contribution in [0.2, 0.25) is 0 Å². The minimum atomic E-state index is -4.39. The molecule has 0 bridgehead atoms. The van der Waals surface area contributed by atoms with Crippen molar-refractivity contribution in [2.45, 2.75) is 32.4 Å². The lowest BCUT2D eigenvalue weighted by Crippen LogP contribution is -2.19. The Morgan fingerprint density at radius 1 is 1.44 bits per heavy atom. The number of rotatable bonds is 4. The summed E-state index contributed by atoms with van der Waals surface area (Å²) in [4.78, 5) is 11.0. The van der Waals surface area contributed by atoms with Gasteiger partial charge in [-0.2, -0.15) is 13.2 Å². The van der Waals surface area contributed by atoms with Crippen LogP contribution < -0.4 is 0 Å². The molecule has 2 unspecified atom stereocenters. The quantitative estimate of drug-likeness (QED) is 0.894. The average molecular weight is 259 g/mol. The molecule has 0 aliphatic rings. The first-order valence-corrected chi connectivity index (χ1v) is 5.59. The van der Waals surface area contributed by atoms with Crippen molar-refractivity contribution >= 4 is 5.97 Å². The lowest BCUT2D eigenvalue weighted by atomic mass is 9.85. The Kier molecular flexibility index (Phi) is 4.38. The molecule has 0 fully saturated rings. The largest absolute Gasteiger partial charge is 0.481 e. The number of carboxylic acid groups (broad SMARTS) is 1. The summed E-state index contributed by atoms with van der Waals surface area (Å²) in [5.41, 5.74) is -0.293. The second kappa shape index (κ2) is 5.42. The first-order valence-electron chi connectivity index (χ1n) is 5.59. The van der Waals surface area contributed by atoms with Crippen LogP contribution in [0.4, 0.5) is 13.2 Å². The van der Waals surface area contributed by atoms with Crippen molar-refractivity contribution in [1.29, 1.82) is 0 Å². The van der Waals surface area contributed by atoms with Gasteiger partial charge < -0.3 is 5.11 Å². The molecule has 2 atom stereocenters. The molecule has 0 saturated heterocycles. The van der Waals surface area contributed by atoms with E-state index in [9.17, 15) is 18.0 Å². The molecule has 1 radical (unpaired) electrons. The van der Waals surface area contributed by atoms with Gasteiger partial charge in [-0.25, -0.2) is 0 Å². The number of carboxylic acids is 1. The second-order valence-electron chi connectivity index (χ2n) is 4.17. The predicted molar refractivity (Wildman–Crippen MR) is 60.1 cm³/mol. The zero-order valence-corrected chi connectivity index (χ0v) is 10.1. The van der Waals surface area contributed by atoms with Crippen molar-refractivity contribution in [3.8, 4) is 0 Å². The Labute approximate surface area is 103 Å². The van der Waals surface area contributed by atoms with Gasteiger partial charge in [-0.05, 0) is 36.1 Å². The smallest absolute Gasteiger partial charge is 0.416 e. The third kappa shape index (κ3) is 3.24. The van der Waals surface area contributed by atoms with Crippen LogP contribution in [0.25, 0.3) is 0 Å². The first-order chi connectivity index (χ1) is 8.27. The molecule has 0 aromatic heterocycles. The fourth-order valence-corrected chi connectivity index (χ4v) is 1.86.